The summed E-state index contributed by atoms with van der Waals surface area (Å²) < 4.78 is 0. The van der Waals surface area contributed by atoms with E-state index in [2.05, 4.69) is 18.7 Å². The second kappa shape index (κ2) is 5.41. The Balaban J connectivity index is 2.07. The number of benzene rings is 1. The molecular formula is C16H25NO. The van der Waals surface area contributed by atoms with Gasteiger partial charge in [-0.2, -0.15) is 0 Å². The molecule has 0 spiro atoms. The number of aliphatic hydroxyl groups is 1. The Labute approximate surface area is 111 Å². The molecule has 0 aliphatic carbocycles. The van der Waals surface area contributed by atoms with Crippen LogP contribution in [-0.2, 0) is 5.60 Å². The van der Waals surface area contributed by atoms with Crippen LogP contribution in [0.15, 0.2) is 30.3 Å². The summed E-state index contributed by atoms with van der Waals surface area (Å²) in [4.78, 5) is 2.43. The van der Waals surface area contributed by atoms with E-state index in [1.54, 1.807) is 0 Å². The molecular weight excluding hydrogens is 222 g/mol. The Morgan fingerprint density at radius 1 is 1.22 bits per heavy atom. The molecule has 1 N–H and O–H groups in total. The minimum absolute atomic E-state index is 0.580. The lowest BCUT2D eigenvalue weighted by molar-refractivity contribution is -0.0120. The summed E-state index contributed by atoms with van der Waals surface area (Å²) in [6, 6.07) is 10.6. The average Bonchev–Trinajstić information content (AvgIpc) is 2.35. The largest absolute Gasteiger partial charge is 0.384 e. The highest BCUT2D eigenvalue weighted by molar-refractivity contribution is 5.21. The molecule has 1 aromatic rings. The quantitative estimate of drug-likeness (QED) is 0.887. The predicted octanol–water partition coefficient (Wildman–Crippen LogP) is 3.01. The Morgan fingerprint density at radius 3 is 2.56 bits per heavy atom. The van der Waals surface area contributed by atoms with E-state index in [-0.39, 0.29) is 0 Å². The minimum Gasteiger partial charge on any atom is -0.384 e. The van der Waals surface area contributed by atoms with Crippen LogP contribution in [0.25, 0.3) is 0 Å². The third-order valence-corrected chi connectivity index (χ3v) is 4.15. The number of hydrogen-bond donors (Lipinski definition) is 1. The second-order valence-electron chi connectivity index (χ2n) is 6.10. The lowest BCUT2D eigenvalue weighted by Crippen LogP contribution is -2.47. The first kappa shape index (κ1) is 13.6. The van der Waals surface area contributed by atoms with Crippen molar-refractivity contribution in [2.45, 2.75) is 45.3 Å². The van der Waals surface area contributed by atoms with Crippen LogP contribution in [0.1, 0.15) is 39.2 Å². The van der Waals surface area contributed by atoms with E-state index in [4.69, 9.17) is 0 Å². The molecule has 1 heterocycles. The molecule has 2 rings (SSSR count). The Hall–Kier alpha value is -0.860. The van der Waals surface area contributed by atoms with E-state index in [0.29, 0.717) is 6.04 Å². The molecule has 3 unspecified atom stereocenters. The molecule has 1 fully saturated rings. The van der Waals surface area contributed by atoms with Crippen molar-refractivity contribution in [1.82, 2.24) is 4.90 Å². The minimum atomic E-state index is -0.757. The number of likely N-dealkylation sites (tertiary alicyclic amines) is 1. The van der Waals surface area contributed by atoms with Crippen LogP contribution < -0.4 is 0 Å². The Kier molecular flexibility index (Phi) is 4.08. The van der Waals surface area contributed by atoms with Crippen molar-refractivity contribution in [3.8, 4) is 0 Å². The normalized spacial score (nSPS) is 28.9. The molecule has 18 heavy (non-hydrogen) atoms. The third kappa shape index (κ3) is 3.12. The number of hydrogen-bond acceptors (Lipinski definition) is 2. The molecule has 0 amide bonds. The molecule has 1 aliphatic rings. The van der Waals surface area contributed by atoms with Gasteiger partial charge in [-0.1, -0.05) is 37.3 Å². The van der Waals surface area contributed by atoms with E-state index < -0.39 is 5.60 Å². The molecule has 0 radical (unpaired) electrons. The lowest BCUT2D eigenvalue weighted by Gasteiger charge is -2.40. The van der Waals surface area contributed by atoms with Crippen molar-refractivity contribution in [2.75, 3.05) is 13.1 Å². The first-order valence-electron chi connectivity index (χ1n) is 7.01. The van der Waals surface area contributed by atoms with Gasteiger partial charge in [0.2, 0.25) is 0 Å². The van der Waals surface area contributed by atoms with Gasteiger partial charge in [-0.15, -0.1) is 0 Å². The van der Waals surface area contributed by atoms with Gasteiger partial charge in [0, 0.05) is 19.1 Å². The molecule has 1 aliphatic heterocycles. The van der Waals surface area contributed by atoms with Crippen LogP contribution in [-0.4, -0.2) is 29.1 Å². The molecule has 1 aromatic carbocycles. The first-order chi connectivity index (χ1) is 8.49. The van der Waals surface area contributed by atoms with Gasteiger partial charge < -0.3 is 5.11 Å². The maximum Gasteiger partial charge on any atom is 0.0994 e. The smallest absolute Gasteiger partial charge is 0.0994 e. The van der Waals surface area contributed by atoms with Crippen LogP contribution in [0.5, 0.6) is 0 Å². The fourth-order valence-electron chi connectivity index (χ4n) is 2.88. The summed E-state index contributed by atoms with van der Waals surface area (Å²) in [6.07, 6.45) is 2.55. The monoisotopic (exact) mass is 247 g/mol. The third-order valence-electron chi connectivity index (χ3n) is 4.15. The zero-order valence-electron chi connectivity index (χ0n) is 11.8. The number of piperidine rings is 1. The number of rotatable bonds is 3. The highest BCUT2D eigenvalue weighted by atomic mass is 16.3. The highest BCUT2D eigenvalue weighted by Gasteiger charge is 2.31. The molecule has 0 saturated carbocycles. The van der Waals surface area contributed by atoms with Gasteiger partial charge in [0.05, 0.1) is 5.60 Å². The molecule has 2 nitrogen and oxygen atoms in total. The predicted molar refractivity (Wildman–Crippen MR) is 75.4 cm³/mol. The Bertz CT molecular complexity index is 374. The zero-order valence-corrected chi connectivity index (χ0v) is 11.8. The summed E-state index contributed by atoms with van der Waals surface area (Å²) in [5, 5.41) is 10.7. The molecule has 100 valence electrons. The fourth-order valence-corrected chi connectivity index (χ4v) is 2.88. The van der Waals surface area contributed by atoms with Crippen molar-refractivity contribution < 1.29 is 5.11 Å². The average molecular weight is 247 g/mol. The maximum atomic E-state index is 10.7. The molecule has 0 bridgehead atoms. The van der Waals surface area contributed by atoms with Gasteiger partial charge in [0.25, 0.3) is 0 Å². The Morgan fingerprint density at radius 2 is 1.89 bits per heavy atom. The first-order valence-corrected chi connectivity index (χ1v) is 7.01. The SMILES string of the molecule is CC1CCC(C)N(CC(C)(O)c2ccccc2)C1. The summed E-state index contributed by atoms with van der Waals surface area (Å²) in [7, 11) is 0. The van der Waals surface area contributed by atoms with Crippen molar-refractivity contribution >= 4 is 0 Å². The van der Waals surface area contributed by atoms with E-state index in [0.717, 1.165) is 24.6 Å². The molecule has 1 saturated heterocycles. The van der Waals surface area contributed by atoms with Gasteiger partial charge in [0.1, 0.15) is 0 Å². The summed E-state index contributed by atoms with van der Waals surface area (Å²) in [5.74, 6) is 0.743. The van der Waals surface area contributed by atoms with Gasteiger partial charge in [0.15, 0.2) is 0 Å². The standard InChI is InChI=1S/C16H25NO/c1-13-9-10-14(2)17(11-13)12-16(3,18)15-7-5-4-6-8-15/h4-8,13-14,18H,9-12H2,1-3H3. The van der Waals surface area contributed by atoms with Crippen LogP contribution in [0.4, 0.5) is 0 Å². The topological polar surface area (TPSA) is 23.5 Å². The molecule has 0 aromatic heterocycles. The van der Waals surface area contributed by atoms with E-state index in [9.17, 15) is 5.11 Å². The zero-order chi connectivity index (χ0) is 13.2. The van der Waals surface area contributed by atoms with E-state index in [1.807, 2.05) is 37.3 Å². The lowest BCUT2D eigenvalue weighted by atomic mass is 9.90. The van der Waals surface area contributed by atoms with Crippen molar-refractivity contribution in [3.05, 3.63) is 35.9 Å². The second-order valence-corrected chi connectivity index (χ2v) is 6.10. The van der Waals surface area contributed by atoms with Crippen LogP contribution in [0, 0.1) is 5.92 Å². The maximum absolute atomic E-state index is 10.7. The van der Waals surface area contributed by atoms with E-state index in [1.165, 1.54) is 12.8 Å². The van der Waals surface area contributed by atoms with Gasteiger partial charge in [-0.3, -0.25) is 4.90 Å². The number of nitrogens with zero attached hydrogens (tertiary/aromatic N) is 1. The summed E-state index contributed by atoms with van der Waals surface area (Å²) in [6.45, 7) is 8.32. The van der Waals surface area contributed by atoms with Crippen LogP contribution in [0.2, 0.25) is 0 Å². The molecule has 2 heteroatoms. The fraction of sp³-hybridized carbons (Fsp3) is 0.625. The van der Waals surface area contributed by atoms with Crippen molar-refractivity contribution in [3.63, 3.8) is 0 Å². The van der Waals surface area contributed by atoms with Gasteiger partial charge in [-0.05, 0) is 38.2 Å². The van der Waals surface area contributed by atoms with Crippen molar-refractivity contribution in [1.29, 1.82) is 0 Å². The van der Waals surface area contributed by atoms with Gasteiger partial charge in [-0.25, -0.2) is 0 Å². The highest BCUT2D eigenvalue weighted by Crippen LogP contribution is 2.27. The summed E-state index contributed by atoms with van der Waals surface area (Å²) in [5.41, 5.74) is 0.252. The summed E-state index contributed by atoms with van der Waals surface area (Å²) >= 11 is 0. The van der Waals surface area contributed by atoms with Crippen LogP contribution in [0.3, 0.4) is 0 Å². The molecule has 3 atom stereocenters. The van der Waals surface area contributed by atoms with Crippen LogP contribution >= 0.6 is 0 Å². The van der Waals surface area contributed by atoms with Gasteiger partial charge >= 0.3 is 0 Å². The van der Waals surface area contributed by atoms with Crippen molar-refractivity contribution in [2.24, 2.45) is 5.92 Å². The van der Waals surface area contributed by atoms with E-state index >= 15 is 0 Å². The number of β-amino-alcohol motifs (C(OH)–C–C–N with tert-alkyl or cyclic N) is 1.